The normalized spacial score (nSPS) is 26.8. The molecule has 0 saturated carbocycles. The molecule has 1 fully saturated rings. The lowest BCUT2D eigenvalue weighted by Crippen LogP contribution is -2.30. The molecule has 0 amide bonds. The van der Waals surface area contributed by atoms with E-state index < -0.39 is 12.3 Å². The first-order chi connectivity index (χ1) is 11.5. The Morgan fingerprint density at radius 2 is 2.17 bits per heavy atom. The Hall–Kier alpha value is -1.93. The molecule has 8 nitrogen and oxygen atoms in total. The quantitative estimate of drug-likeness (QED) is 0.664. The SMILES string of the molecule is CC[C@H]1[C@@H](OC(C)=O)[C@H](n2cnc3c(Cl)nc(N)nc32)O[C@@H]1CC. The lowest BCUT2D eigenvalue weighted by molar-refractivity contribution is -0.153. The summed E-state index contributed by atoms with van der Waals surface area (Å²) in [6, 6.07) is 0. The summed E-state index contributed by atoms with van der Waals surface area (Å²) in [7, 11) is 0. The van der Waals surface area contributed by atoms with Crippen molar-refractivity contribution >= 4 is 34.7 Å². The molecule has 2 N–H and O–H groups in total. The van der Waals surface area contributed by atoms with Gasteiger partial charge in [0.05, 0.1) is 12.4 Å². The van der Waals surface area contributed by atoms with E-state index in [0.717, 1.165) is 12.8 Å². The number of esters is 1. The van der Waals surface area contributed by atoms with Gasteiger partial charge in [0.1, 0.15) is 5.52 Å². The first kappa shape index (κ1) is 16.9. The predicted octanol–water partition coefficient (Wildman–Crippen LogP) is 2.33. The van der Waals surface area contributed by atoms with Crippen molar-refractivity contribution in [2.75, 3.05) is 5.73 Å². The van der Waals surface area contributed by atoms with Gasteiger partial charge in [-0.3, -0.25) is 9.36 Å². The molecule has 0 bridgehead atoms. The Morgan fingerprint density at radius 1 is 1.42 bits per heavy atom. The van der Waals surface area contributed by atoms with Crippen molar-refractivity contribution in [3.05, 3.63) is 11.5 Å². The zero-order valence-corrected chi connectivity index (χ0v) is 14.5. The Balaban J connectivity index is 2.07. The topological polar surface area (TPSA) is 105 Å². The molecule has 0 spiro atoms. The summed E-state index contributed by atoms with van der Waals surface area (Å²) in [5.74, 6) is -0.202. The van der Waals surface area contributed by atoms with Crippen molar-refractivity contribution in [2.24, 2.45) is 5.92 Å². The number of aromatic nitrogens is 4. The Labute approximate surface area is 144 Å². The minimum Gasteiger partial charge on any atom is -0.457 e. The smallest absolute Gasteiger partial charge is 0.303 e. The largest absolute Gasteiger partial charge is 0.457 e. The number of halogens is 1. The van der Waals surface area contributed by atoms with Crippen LogP contribution in [0, 0.1) is 5.92 Å². The third kappa shape index (κ3) is 2.80. The Kier molecular flexibility index (Phi) is 4.60. The summed E-state index contributed by atoms with van der Waals surface area (Å²) in [4.78, 5) is 23.9. The number of ether oxygens (including phenoxy) is 2. The number of rotatable bonds is 4. The molecule has 3 rings (SSSR count). The van der Waals surface area contributed by atoms with E-state index in [1.165, 1.54) is 6.92 Å². The minimum absolute atomic E-state index is 0.0172. The highest BCUT2D eigenvalue weighted by molar-refractivity contribution is 6.33. The van der Waals surface area contributed by atoms with Crippen LogP contribution >= 0.6 is 11.6 Å². The first-order valence-electron chi connectivity index (χ1n) is 7.94. The zero-order chi connectivity index (χ0) is 17.4. The number of nitrogens with two attached hydrogens (primary N) is 1. The highest BCUT2D eigenvalue weighted by Crippen LogP contribution is 2.40. The summed E-state index contributed by atoms with van der Waals surface area (Å²) in [6.07, 6.45) is 2.24. The third-order valence-electron chi connectivity index (χ3n) is 4.34. The van der Waals surface area contributed by atoms with Crippen molar-refractivity contribution in [3.63, 3.8) is 0 Å². The summed E-state index contributed by atoms with van der Waals surface area (Å²) < 4.78 is 13.4. The Morgan fingerprint density at radius 3 is 2.79 bits per heavy atom. The molecule has 2 aromatic rings. The number of carbonyl (C=O) groups excluding carboxylic acids is 1. The first-order valence-corrected chi connectivity index (χ1v) is 8.32. The van der Waals surface area contributed by atoms with E-state index in [1.807, 2.05) is 6.92 Å². The summed E-state index contributed by atoms with van der Waals surface area (Å²) in [5, 5.41) is 0.178. The lowest BCUT2D eigenvalue weighted by Gasteiger charge is -2.23. The van der Waals surface area contributed by atoms with Gasteiger partial charge >= 0.3 is 5.97 Å². The standard InChI is InChI=1S/C15H20ClN5O3/c1-4-8-9(5-2)24-14(11(8)23-7(3)22)21-6-18-10-12(16)19-15(17)20-13(10)21/h6,8-9,11,14H,4-5H2,1-3H3,(H2,17,19,20)/t8-,9-,11-,14-/m1/s1. The average Bonchev–Trinajstić information content (AvgIpc) is 3.07. The highest BCUT2D eigenvalue weighted by Gasteiger charge is 2.46. The van der Waals surface area contributed by atoms with Gasteiger partial charge in [-0.15, -0.1) is 0 Å². The van der Waals surface area contributed by atoms with Crippen molar-refractivity contribution < 1.29 is 14.3 Å². The van der Waals surface area contributed by atoms with Gasteiger partial charge in [0, 0.05) is 12.8 Å². The molecule has 0 radical (unpaired) electrons. The summed E-state index contributed by atoms with van der Waals surface area (Å²) >= 11 is 6.08. The average molecular weight is 354 g/mol. The molecule has 1 saturated heterocycles. The van der Waals surface area contributed by atoms with Gasteiger partial charge in [0.25, 0.3) is 0 Å². The molecule has 9 heteroatoms. The van der Waals surface area contributed by atoms with E-state index in [-0.39, 0.29) is 29.1 Å². The minimum atomic E-state index is -0.529. The number of nitrogens with zero attached hydrogens (tertiary/aromatic N) is 4. The second-order valence-corrected chi connectivity index (χ2v) is 6.17. The maximum absolute atomic E-state index is 11.6. The number of nitrogen functional groups attached to an aromatic ring is 1. The maximum atomic E-state index is 11.6. The predicted molar refractivity (Wildman–Crippen MR) is 88.3 cm³/mol. The van der Waals surface area contributed by atoms with Crippen LogP contribution in [0.15, 0.2) is 6.33 Å². The maximum Gasteiger partial charge on any atom is 0.303 e. The van der Waals surface area contributed by atoms with Gasteiger partial charge in [-0.05, 0) is 12.8 Å². The second kappa shape index (κ2) is 6.52. The van der Waals surface area contributed by atoms with Crippen LogP contribution in [0.3, 0.4) is 0 Å². The van der Waals surface area contributed by atoms with E-state index in [0.29, 0.717) is 11.2 Å². The van der Waals surface area contributed by atoms with Gasteiger partial charge < -0.3 is 15.2 Å². The molecule has 3 heterocycles. The molecule has 0 aromatic carbocycles. The number of carbonyl (C=O) groups is 1. The fourth-order valence-electron chi connectivity index (χ4n) is 3.32. The molecular weight excluding hydrogens is 334 g/mol. The van der Waals surface area contributed by atoms with E-state index in [4.69, 9.17) is 26.8 Å². The number of imidazole rings is 1. The highest BCUT2D eigenvalue weighted by atomic mass is 35.5. The second-order valence-electron chi connectivity index (χ2n) is 5.82. The fraction of sp³-hybridized carbons (Fsp3) is 0.600. The van der Waals surface area contributed by atoms with Gasteiger partial charge in [-0.1, -0.05) is 25.4 Å². The molecule has 1 aliphatic heterocycles. The van der Waals surface area contributed by atoms with E-state index in [2.05, 4.69) is 21.9 Å². The van der Waals surface area contributed by atoms with Crippen LogP contribution in [-0.4, -0.2) is 37.7 Å². The van der Waals surface area contributed by atoms with Crippen LogP contribution in [-0.2, 0) is 14.3 Å². The molecule has 24 heavy (non-hydrogen) atoms. The molecule has 0 unspecified atom stereocenters. The van der Waals surface area contributed by atoms with Crippen LogP contribution in [0.4, 0.5) is 5.95 Å². The number of hydrogen-bond acceptors (Lipinski definition) is 7. The number of anilines is 1. The molecular formula is C15H20ClN5O3. The fourth-order valence-corrected chi connectivity index (χ4v) is 3.54. The molecule has 130 valence electrons. The Bertz CT molecular complexity index is 765. The summed E-state index contributed by atoms with van der Waals surface area (Å²) in [5.41, 5.74) is 6.59. The lowest BCUT2D eigenvalue weighted by atomic mass is 9.93. The third-order valence-corrected chi connectivity index (χ3v) is 4.60. The van der Waals surface area contributed by atoms with Crippen LogP contribution in [0.25, 0.3) is 11.2 Å². The monoisotopic (exact) mass is 353 g/mol. The molecule has 0 aliphatic carbocycles. The van der Waals surface area contributed by atoms with Crippen molar-refractivity contribution in [1.82, 2.24) is 19.5 Å². The van der Waals surface area contributed by atoms with Gasteiger partial charge in [-0.2, -0.15) is 9.97 Å². The van der Waals surface area contributed by atoms with E-state index >= 15 is 0 Å². The van der Waals surface area contributed by atoms with Crippen LogP contribution in [0.5, 0.6) is 0 Å². The number of fused-ring (bicyclic) bond motifs is 1. The van der Waals surface area contributed by atoms with E-state index in [9.17, 15) is 4.79 Å². The number of hydrogen-bond donors (Lipinski definition) is 1. The van der Waals surface area contributed by atoms with Gasteiger partial charge in [0.2, 0.25) is 5.95 Å². The van der Waals surface area contributed by atoms with Crippen molar-refractivity contribution in [1.29, 1.82) is 0 Å². The molecule has 1 aliphatic rings. The summed E-state index contributed by atoms with van der Waals surface area (Å²) in [6.45, 7) is 5.49. The van der Waals surface area contributed by atoms with Crippen LogP contribution < -0.4 is 5.73 Å². The molecule has 2 aromatic heterocycles. The van der Waals surface area contributed by atoms with Crippen LogP contribution in [0.2, 0.25) is 5.15 Å². The zero-order valence-electron chi connectivity index (χ0n) is 13.8. The molecule has 4 atom stereocenters. The van der Waals surface area contributed by atoms with Gasteiger partial charge in [0.15, 0.2) is 23.1 Å². The van der Waals surface area contributed by atoms with Gasteiger partial charge in [-0.25, -0.2) is 4.98 Å². The van der Waals surface area contributed by atoms with Crippen molar-refractivity contribution in [2.45, 2.75) is 52.0 Å². The van der Waals surface area contributed by atoms with Crippen molar-refractivity contribution in [3.8, 4) is 0 Å². The van der Waals surface area contributed by atoms with Crippen LogP contribution in [0.1, 0.15) is 39.8 Å². The van der Waals surface area contributed by atoms with E-state index in [1.54, 1.807) is 10.9 Å².